The van der Waals surface area contributed by atoms with E-state index >= 15 is 0 Å². The summed E-state index contributed by atoms with van der Waals surface area (Å²) in [4.78, 5) is 15.9. The summed E-state index contributed by atoms with van der Waals surface area (Å²) in [6.45, 7) is 5.40. The SMILES string of the molecule is CCCCOC1=C(OO)C(=O)O[C@]1(CC(C)C)[C@@H](O)CO. The number of hydrogen-bond acceptors (Lipinski definition) is 7. The molecule has 0 radical (unpaired) electrons. The van der Waals surface area contributed by atoms with Gasteiger partial charge in [-0.1, -0.05) is 27.2 Å². The summed E-state index contributed by atoms with van der Waals surface area (Å²) in [5.74, 6) is -1.41. The highest BCUT2D eigenvalue weighted by atomic mass is 17.1. The average Bonchev–Trinajstić information content (AvgIpc) is 2.70. The average molecular weight is 304 g/mol. The van der Waals surface area contributed by atoms with E-state index in [2.05, 4.69) is 4.89 Å². The Morgan fingerprint density at radius 1 is 1.38 bits per heavy atom. The van der Waals surface area contributed by atoms with Crippen molar-refractivity contribution in [3.63, 3.8) is 0 Å². The van der Waals surface area contributed by atoms with Gasteiger partial charge in [-0.2, -0.15) is 0 Å². The van der Waals surface area contributed by atoms with Gasteiger partial charge >= 0.3 is 5.97 Å². The van der Waals surface area contributed by atoms with Gasteiger partial charge in [0.25, 0.3) is 5.76 Å². The van der Waals surface area contributed by atoms with Crippen molar-refractivity contribution in [1.82, 2.24) is 0 Å². The number of esters is 1. The van der Waals surface area contributed by atoms with Crippen LogP contribution in [0.2, 0.25) is 0 Å². The second-order valence-corrected chi connectivity index (χ2v) is 5.53. The van der Waals surface area contributed by atoms with E-state index in [0.29, 0.717) is 0 Å². The molecule has 2 atom stereocenters. The highest BCUT2D eigenvalue weighted by molar-refractivity contribution is 5.90. The van der Waals surface area contributed by atoms with Crippen molar-refractivity contribution in [1.29, 1.82) is 0 Å². The molecular formula is C14H24O7. The largest absolute Gasteiger partial charge is 0.490 e. The Morgan fingerprint density at radius 3 is 2.52 bits per heavy atom. The van der Waals surface area contributed by atoms with Gasteiger partial charge in [0.1, 0.15) is 6.10 Å². The third kappa shape index (κ3) is 3.66. The van der Waals surface area contributed by atoms with Crippen molar-refractivity contribution in [3.05, 3.63) is 11.5 Å². The first-order valence-electron chi connectivity index (χ1n) is 7.14. The molecular weight excluding hydrogens is 280 g/mol. The maximum atomic E-state index is 11.8. The van der Waals surface area contributed by atoms with Crippen LogP contribution in [0, 0.1) is 5.92 Å². The fraction of sp³-hybridized carbons (Fsp3) is 0.786. The molecule has 0 aromatic rings. The van der Waals surface area contributed by atoms with Gasteiger partial charge in [0.05, 0.1) is 13.2 Å². The number of hydrogen-bond donors (Lipinski definition) is 3. The molecule has 0 bridgehead atoms. The molecule has 1 rings (SSSR count). The normalized spacial score (nSPS) is 23.5. The van der Waals surface area contributed by atoms with E-state index < -0.39 is 30.0 Å². The topological polar surface area (TPSA) is 105 Å². The molecule has 0 spiro atoms. The van der Waals surface area contributed by atoms with Crippen LogP contribution in [0.25, 0.3) is 0 Å². The summed E-state index contributed by atoms with van der Waals surface area (Å²) < 4.78 is 10.8. The molecule has 0 unspecified atom stereocenters. The first-order valence-corrected chi connectivity index (χ1v) is 7.14. The van der Waals surface area contributed by atoms with Crippen LogP contribution in [0.5, 0.6) is 0 Å². The molecule has 3 N–H and O–H groups in total. The minimum Gasteiger partial charge on any atom is -0.490 e. The molecule has 21 heavy (non-hydrogen) atoms. The maximum absolute atomic E-state index is 11.8. The molecule has 1 heterocycles. The Labute approximate surface area is 124 Å². The molecule has 0 aromatic carbocycles. The van der Waals surface area contributed by atoms with Crippen molar-refractivity contribution >= 4 is 5.97 Å². The number of unbranched alkanes of at least 4 members (excludes halogenated alkanes) is 1. The van der Waals surface area contributed by atoms with Crippen molar-refractivity contribution < 1.29 is 34.6 Å². The molecule has 1 aliphatic rings. The van der Waals surface area contributed by atoms with E-state index in [9.17, 15) is 15.0 Å². The number of cyclic esters (lactones) is 1. The van der Waals surface area contributed by atoms with Crippen molar-refractivity contribution in [2.75, 3.05) is 13.2 Å². The summed E-state index contributed by atoms with van der Waals surface area (Å²) >= 11 is 0. The second kappa shape index (κ2) is 7.63. The highest BCUT2D eigenvalue weighted by Crippen LogP contribution is 2.41. The molecule has 7 nitrogen and oxygen atoms in total. The quantitative estimate of drug-likeness (QED) is 0.254. The molecule has 0 saturated heterocycles. The van der Waals surface area contributed by atoms with E-state index in [4.69, 9.17) is 14.7 Å². The highest BCUT2D eigenvalue weighted by Gasteiger charge is 2.56. The Bertz CT molecular complexity index is 391. The maximum Gasteiger partial charge on any atom is 0.382 e. The first-order chi connectivity index (χ1) is 9.92. The molecule has 0 amide bonds. The summed E-state index contributed by atoms with van der Waals surface area (Å²) in [5.41, 5.74) is -1.54. The molecule has 0 fully saturated rings. The number of rotatable bonds is 9. The van der Waals surface area contributed by atoms with Crippen molar-refractivity contribution in [3.8, 4) is 0 Å². The Balaban J connectivity index is 3.18. The van der Waals surface area contributed by atoms with Gasteiger partial charge in [-0.15, -0.1) is 0 Å². The third-order valence-electron chi connectivity index (χ3n) is 3.31. The lowest BCUT2D eigenvalue weighted by atomic mass is 9.85. The minimum absolute atomic E-state index is 0.0433. The fourth-order valence-electron chi connectivity index (χ4n) is 2.37. The zero-order valence-electron chi connectivity index (χ0n) is 12.7. The monoisotopic (exact) mass is 304 g/mol. The number of carbonyl (C=O) groups is 1. The summed E-state index contributed by atoms with van der Waals surface area (Å²) in [6, 6.07) is 0. The summed E-state index contributed by atoms with van der Waals surface area (Å²) in [6.07, 6.45) is 0.461. The Hall–Kier alpha value is -1.31. The van der Waals surface area contributed by atoms with Crippen LogP contribution in [-0.4, -0.2) is 46.4 Å². The van der Waals surface area contributed by atoms with Gasteiger partial charge in [-0.05, 0) is 18.8 Å². The van der Waals surface area contributed by atoms with Crippen LogP contribution in [-0.2, 0) is 19.2 Å². The van der Waals surface area contributed by atoms with E-state index in [-0.39, 0.29) is 24.7 Å². The minimum atomic E-state index is -1.54. The number of carbonyl (C=O) groups excluding carboxylic acids is 1. The number of aliphatic hydroxyl groups is 2. The molecule has 7 heteroatoms. The second-order valence-electron chi connectivity index (χ2n) is 5.53. The predicted octanol–water partition coefficient (Wildman–Crippen LogP) is 1.20. The van der Waals surface area contributed by atoms with Gasteiger partial charge in [0, 0.05) is 0 Å². The smallest absolute Gasteiger partial charge is 0.382 e. The van der Waals surface area contributed by atoms with E-state index in [1.165, 1.54) is 0 Å². The van der Waals surface area contributed by atoms with Gasteiger partial charge in [0.15, 0.2) is 5.76 Å². The number of aliphatic hydroxyl groups excluding tert-OH is 2. The molecule has 0 aliphatic carbocycles. The van der Waals surface area contributed by atoms with E-state index in [0.717, 1.165) is 12.8 Å². The zero-order chi connectivity index (χ0) is 16.0. The van der Waals surface area contributed by atoms with Gasteiger partial charge in [-0.25, -0.2) is 10.1 Å². The Kier molecular flexibility index (Phi) is 6.44. The lowest BCUT2D eigenvalue weighted by molar-refractivity contribution is -0.211. The third-order valence-corrected chi connectivity index (χ3v) is 3.31. The van der Waals surface area contributed by atoms with Crippen LogP contribution in [0.4, 0.5) is 0 Å². The standard InChI is InChI=1S/C14H24O7/c1-4-5-6-19-12-11(21-18)13(17)20-14(12,7-9(2)3)10(16)8-15/h9-10,15-16,18H,4-8H2,1-3H3/t10-,14+/m0/s1. The summed E-state index contributed by atoms with van der Waals surface area (Å²) in [5, 5.41) is 28.3. The Morgan fingerprint density at radius 2 is 2.05 bits per heavy atom. The van der Waals surface area contributed by atoms with E-state index in [1.54, 1.807) is 0 Å². The van der Waals surface area contributed by atoms with Gasteiger partial charge < -0.3 is 24.6 Å². The van der Waals surface area contributed by atoms with Crippen LogP contribution < -0.4 is 0 Å². The number of ether oxygens (including phenoxy) is 2. The van der Waals surface area contributed by atoms with Crippen LogP contribution in [0.15, 0.2) is 11.5 Å². The van der Waals surface area contributed by atoms with Crippen LogP contribution >= 0.6 is 0 Å². The van der Waals surface area contributed by atoms with Gasteiger partial charge in [0.2, 0.25) is 5.60 Å². The molecule has 0 aromatic heterocycles. The van der Waals surface area contributed by atoms with Crippen LogP contribution in [0.1, 0.15) is 40.0 Å². The van der Waals surface area contributed by atoms with Gasteiger partial charge in [-0.3, -0.25) is 0 Å². The van der Waals surface area contributed by atoms with Crippen LogP contribution in [0.3, 0.4) is 0 Å². The zero-order valence-corrected chi connectivity index (χ0v) is 12.7. The van der Waals surface area contributed by atoms with Crippen molar-refractivity contribution in [2.24, 2.45) is 5.92 Å². The lowest BCUT2D eigenvalue weighted by Gasteiger charge is -2.34. The fourth-order valence-corrected chi connectivity index (χ4v) is 2.37. The van der Waals surface area contributed by atoms with Crippen molar-refractivity contribution in [2.45, 2.75) is 51.7 Å². The molecule has 122 valence electrons. The van der Waals surface area contributed by atoms with E-state index in [1.807, 2.05) is 20.8 Å². The molecule has 1 aliphatic heterocycles. The lowest BCUT2D eigenvalue weighted by Crippen LogP contribution is -2.48. The summed E-state index contributed by atoms with van der Waals surface area (Å²) in [7, 11) is 0. The predicted molar refractivity (Wildman–Crippen MR) is 73.0 cm³/mol. The molecule has 0 saturated carbocycles. The first kappa shape index (κ1) is 17.7.